The van der Waals surface area contributed by atoms with Crippen LogP contribution in [0, 0.1) is 11.6 Å². The molecule has 1 aromatic heterocycles. The summed E-state index contributed by atoms with van der Waals surface area (Å²) in [6.07, 6.45) is 1.64. The zero-order valence-corrected chi connectivity index (χ0v) is 12.2. The SMILES string of the molecule is CCNC(c1cc(F)ccc1F)c1c(Br)cnn1C. The third-order valence-electron chi connectivity index (χ3n) is 2.89. The molecule has 2 rings (SSSR count). The first-order valence-electron chi connectivity index (χ1n) is 5.90. The van der Waals surface area contributed by atoms with Crippen molar-refractivity contribution in [3.8, 4) is 0 Å². The van der Waals surface area contributed by atoms with Gasteiger partial charge < -0.3 is 5.32 Å². The van der Waals surface area contributed by atoms with Gasteiger partial charge >= 0.3 is 0 Å². The van der Waals surface area contributed by atoms with Gasteiger partial charge in [0.2, 0.25) is 0 Å². The Bertz CT molecular complexity index is 564. The van der Waals surface area contributed by atoms with Crippen LogP contribution in [0.2, 0.25) is 0 Å². The maximum absolute atomic E-state index is 13.9. The van der Waals surface area contributed by atoms with Crippen molar-refractivity contribution in [2.24, 2.45) is 7.05 Å². The lowest BCUT2D eigenvalue weighted by Gasteiger charge is -2.20. The summed E-state index contributed by atoms with van der Waals surface area (Å²) in [4.78, 5) is 0. The number of aromatic nitrogens is 2. The fourth-order valence-corrected chi connectivity index (χ4v) is 2.62. The molecule has 1 aromatic carbocycles. The molecule has 19 heavy (non-hydrogen) atoms. The van der Waals surface area contributed by atoms with Crippen LogP contribution < -0.4 is 5.32 Å². The standard InChI is InChI=1S/C13H14BrF2N3/c1-3-17-12(13-10(14)7-18-19(13)2)9-6-8(15)4-5-11(9)16/h4-7,12,17H,3H2,1-2H3. The van der Waals surface area contributed by atoms with Gasteiger partial charge in [0.15, 0.2) is 0 Å². The molecule has 0 spiro atoms. The normalized spacial score (nSPS) is 12.7. The van der Waals surface area contributed by atoms with Crippen LogP contribution in [0.15, 0.2) is 28.9 Å². The number of hydrogen-bond acceptors (Lipinski definition) is 2. The highest BCUT2D eigenvalue weighted by atomic mass is 79.9. The summed E-state index contributed by atoms with van der Waals surface area (Å²) >= 11 is 3.39. The number of rotatable bonds is 4. The number of nitrogens with one attached hydrogen (secondary N) is 1. The van der Waals surface area contributed by atoms with Crippen LogP contribution in [-0.4, -0.2) is 16.3 Å². The van der Waals surface area contributed by atoms with Crippen LogP contribution in [0.5, 0.6) is 0 Å². The molecule has 0 aliphatic carbocycles. The van der Waals surface area contributed by atoms with Crippen molar-refractivity contribution >= 4 is 15.9 Å². The van der Waals surface area contributed by atoms with Crippen LogP contribution in [0.4, 0.5) is 8.78 Å². The first-order valence-corrected chi connectivity index (χ1v) is 6.69. The van der Waals surface area contributed by atoms with E-state index in [4.69, 9.17) is 0 Å². The molecular formula is C13H14BrF2N3. The second-order valence-electron chi connectivity index (χ2n) is 4.16. The summed E-state index contributed by atoms with van der Waals surface area (Å²) in [5.41, 5.74) is 1.03. The minimum atomic E-state index is -0.461. The minimum Gasteiger partial charge on any atom is -0.305 e. The van der Waals surface area contributed by atoms with Crippen LogP contribution >= 0.6 is 15.9 Å². The number of halogens is 3. The van der Waals surface area contributed by atoms with Crippen molar-refractivity contribution in [2.45, 2.75) is 13.0 Å². The summed E-state index contributed by atoms with van der Waals surface area (Å²) in [5.74, 6) is -0.905. The predicted molar refractivity (Wildman–Crippen MR) is 72.8 cm³/mol. The summed E-state index contributed by atoms with van der Waals surface area (Å²) < 4.78 is 29.7. The van der Waals surface area contributed by atoms with Gasteiger partial charge in [-0.2, -0.15) is 5.10 Å². The average Bonchev–Trinajstić information content (AvgIpc) is 2.70. The molecule has 1 atom stereocenters. The van der Waals surface area contributed by atoms with E-state index in [1.165, 1.54) is 6.07 Å². The van der Waals surface area contributed by atoms with Crippen molar-refractivity contribution in [2.75, 3.05) is 6.54 Å². The van der Waals surface area contributed by atoms with Gasteiger partial charge in [0.05, 0.1) is 22.4 Å². The maximum atomic E-state index is 13.9. The lowest BCUT2D eigenvalue weighted by atomic mass is 10.0. The highest BCUT2D eigenvalue weighted by Crippen LogP contribution is 2.30. The topological polar surface area (TPSA) is 29.9 Å². The fraction of sp³-hybridized carbons (Fsp3) is 0.308. The van der Waals surface area contributed by atoms with Crippen LogP contribution in [-0.2, 0) is 7.05 Å². The van der Waals surface area contributed by atoms with E-state index < -0.39 is 17.7 Å². The summed E-state index contributed by atoms with van der Waals surface area (Å²) in [7, 11) is 1.77. The second kappa shape index (κ2) is 5.79. The number of aryl methyl sites for hydroxylation is 1. The smallest absolute Gasteiger partial charge is 0.128 e. The Morgan fingerprint density at radius 2 is 2.16 bits per heavy atom. The first kappa shape index (κ1) is 14.1. The molecule has 1 N–H and O–H groups in total. The summed E-state index contributed by atoms with van der Waals surface area (Å²) in [5, 5.41) is 7.26. The molecule has 0 aliphatic rings. The van der Waals surface area contributed by atoms with Crippen LogP contribution in [0.3, 0.4) is 0 Å². The van der Waals surface area contributed by atoms with Crippen molar-refractivity contribution in [1.29, 1.82) is 0 Å². The Kier molecular flexibility index (Phi) is 4.31. The van der Waals surface area contributed by atoms with Gasteiger partial charge in [-0.15, -0.1) is 0 Å². The Morgan fingerprint density at radius 3 is 2.74 bits per heavy atom. The van der Waals surface area contributed by atoms with E-state index in [-0.39, 0.29) is 5.56 Å². The third-order valence-corrected chi connectivity index (χ3v) is 3.50. The molecule has 1 unspecified atom stereocenters. The van der Waals surface area contributed by atoms with E-state index in [0.717, 1.165) is 22.3 Å². The van der Waals surface area contributed by atoms with Crippen molar-refractivity contribution < 1.29 is 8.78 Å². The number of nitrogens with zero attached hydrogens (tertiary/aromatic N) is 2. The molecule has 0 saturated carbocycles. The van der Waals surface area contributed by atoms with E-state index in [1.54, 1.807) is 17.9 Å². The molecule has 1 heterocycles. The van der Waals surface area contributed by atoms with Gasteiger partial charge in [-0.05, 0) is 40.7 Å². The Morgan fingerprint density at radius 1 is 1.42 bits per heavy atom. The van der Waals surface area contributed by atoms with Gasteiger partial charge in [-0.25, -0.2) is 8.78 Å². The zero-order valence-electron chi connectivity index (χ0n) is 10.6. The lowest BCUT2D eigenvalue weighted by molar-refractivity contribution is 0.521. The summed E-state index contributed by atoms with van der Waals surface area (Å²) in [6, 6.07) is 3.00. The highest BCUT2D eigenvalue weighted by Gasteiger charge is 2.23. The third kappa shape index (κ3) is 2.84. The molecule has 0 fully saturated rings. The van der Waals surface area contributed by atoms with Gasteiger partial charge in [0.25, 0.3) is 0 Å². The monoisotopic (exact) mass is 329 g/mol. The van der Waals surface area contributed by atoms with Crippen molar-refractivity contribution in [3.63, 3.8) is 0 Å². The molecule has 0 radical (unpaired) electrons. The summed E-state index contributed by atoms with van der Waals surface area (Å²) in [6.45, 7) is 2.53. The quantitative estimate of drug-likeness (QED) is 0.933. The zero-order chi connectivity index (χ0) is 14.0. The van der Waals surface area contributed by atoms with E-state index in [2.05, 4.69) is 26.3 Å². The Hall–Kier alpha value is -1.27. The van der Waals surface area contributed by atoms with E-state index in [0.29, 0.717) is 6.54 Å². The Balaban J connectivity index is 2.54. The van der Waals surface area contributed by atoms with Crippen molar-refractivity contribution in [3.05, 3.63) is 51.8 Å². The van der Waals surface area contributed by atoms with Crippen LogP contribution in [0.25, 0.3) is 0 Å². The van der Waals surface area contributed by atoms with Crippen molar-refractivity contribution in [1.82, 2.24) is 15.1 Å². The minimum absolute atomic E-state index is 0.270. The van der Waals surface area contributed by atoms with Gasteiger partial charge in [0.1, 0.15) is 11.6 Å². The largest absolute Gasteiger partial charge is 0.305 e. The number of hydrogen-bond donors (Lipinski definition) is 1. The average molecular weight is 330 g/mol. The molecule has 2 aromatic rings. The molecular weight excluding hydrogens is 316 g/mol. The van der Waals surface area contributed by atoms with Gasteiger partial charge in [-0.3, -0.25) is 4.68 Å². The second-order valence-corrected chi connectivity index (χ2v) is 5.01. The van der Waals surface area contributed by atoms with Gasteiger partial charge in [0, 0.05) is 12.6 Å². The molecule has 0 saturated heterocycles. The molecule has 0 bridgehead atoms. The molecule has 3 nitrogen and oxygen atoms in total. The molecule has 0 aliphatic heterocycles. The number of benzene rings is 1. The lowest BCUT2D eigenvalue weighted by Crippen LogP contribution is -2.25. The van der Waals surface area contributed by atoms with Gasteiger partial charge in [-0.1, -0.05) is 6.92 Å². The van der Waals surface area contributed by atoms with E-state index >= 15 is 0 Å². The maximum Gasteiger partial charge on any atom is 0.128 e. The van der Waals surface area contributed by atoms with E-state index in [1.807, 2.05) is 6.92 Å². The van der Waals surface area contributed by atoms with Crippen LogP contribution in [0.1, 0.15) is 24.2 Å². The molecule has 6 heteroatoms. The molecule has 0 amide bonds. The Labute approximate surface area is 118 Å². The van der Waals surface area contributed by atoms with E-state index in [9.17, 15) is 8.78 Å². The predicted octanol–water partition coefficient (Wildman–Crippen LogP) is 3.16. The molecule has 102 valence electrons. The first-order chi connectivity index (χ1) is 9.04. The fourth-order valence-electron chi connectivity index (χ4n) is 2.04. The highest BCUT2D eigenvalue weighted by molar-refractivity contribution is 9.10.